The summed E-state index contributed by atoms with van der Waals surface area (Å²) in [6.07, 6.45) is 8.25. The molecular formula is C17H14N8O. The van der Waals surface area contributed by atoms with E-state index in [0.29, 0.717) is 22.8 Å². The highest BCUT2D eigenvalue weighted by Crippen LogP contribution is 2.24. The third-order valence-corrected chi connectivity index (χ3v) is 3.64. The number of carbonyl (C=O) groups is 1. The topological polar surface area (TPSA) is 114 Å². The van der Waals surface area contributed by atoms with Crippen LogP contribution in [-0.2, 0) is 7.05 Å². The SMILES string of the molecule is Cn1cc(NC(=O)c2nccc(-c3cn[nH]c3)n2)c(-c2ccccn2)n1. The van der Waals surface area contributed by atoms with Gasteiger partial charge in [0.25, 0.3) is 5.91 Å². The maximum Gasteiger partial charge on any atom is 0.293 e. The van der Waals surface area contributed by atoms with Gasteiger partial charge in [-0.25, -0.2) is 9.97 Å². The van der Waals surface area contributed by atoms with Crippen molar-refractivity contribution >= 4 is 11.6 Å². The fourth-order valence-electron chi connectivity index (χ4n) is 2.47. The van der Waals surface area contributed by atoms with Gasteiger partial charge in [-0.05, 0) is 18.2 Å². The van der Waals surface area contributed by atoms with Crippen molar-refractivity contribution in [1.82, 2.24) is 34.9 Å². The molecule has 0 spiro atoms. The Kier molecular flexibility index (Phi) is 3.94. The molecule has 4 rings (SSSR count). The molecule has 0 atom stereocenters. The third-order valence-electron chi connectivity index (χ3n) is 3.64. The van der Waals surface area contributed by atoms with Crippen LogP contribution in [0, 0.1) is 0 Å². The fourth-order valence-corrected chi connectivity index (χ4v) is 2.47. The molecule has 0 aliphatic rings. The second-order valence-electron chi connectivity index (χ2n) is 5.49. The van der Waals surface area contributed by atoms with E-state index in [0.717, 1.165) is 5.56 Å². The first-order valence-electron chi connectivity index (χ1n) is 7.79. The lowest BCUT2D eigenvalue weighted by Crippen LogP contribution is -2.16. The smallest absolute Gasteiger partial charge is 0.293 e. The summed E-state index contributed by atoms with van der Waals surface area (Å²) in [7, 11) is 1.78. The second-order valence-corrected chi connectivity index (χ2v) is 5.49. The number of rotatable bonds is 4. The van der Waals surface area contributed by atoms with E-state index >= 15 is 0 Å². The third kappa shape index (κ3) is 3.05. The Hall–Kier alpha value is -3.88. The van der Waals surface area contributed by atoms with Crippen LogP contribution in [0.15, 0.2) is 55.2 Å². The minimum atomic E-state index is -0.430. The van der Waals surface area contributed by atoms with Crippen molar-refractivity contribution in [3.8, 4) is 22.6 Å². The molecule has 0 aliphatic carbocycles. The first-order valence-corrected chi connectivity index (χ1v) is 7.79. The van der Waals surface area contributed by atoms with Crippen LogP contribution in [0.5, 0.6) is 0 Å². The number of aromatic amines is 1. The summed E-state index contributed by atoms with van der Waals surface area (Å²) in [6.45, 7) is 0. The molecule has 128 valence electrons. The van der Waals surface area contributed by atoms with E-state index in [1.54, 1.807) is 42.6 Å². The Morgan fingerprint density at radius 2 is 2.08 bits per heavy atom. The quantitative estimate of drug-likeness (QED) is 0.583. The Bertz CT molecular complexity index is 1040. The predicted molar refractivity (Wildman–Crippen MR) is 94.0 cm³/mol. The average molecular weight is 346 g/mol. The van der Waals surface area contributed by atoms with Gasteiger partial charge in [-0.2, -0.15) is 10.2 Å². The number of aryl methyl sites for hydroxylation is 1. The Morgan fingerprint density at radius 3 is 2.85 bits per heavy atom. The van der Waals surface area contributed by atoms with Crippen molar-refractivity contribution in [2.24, 2.45) is 7.05 Å². The molecule has 26 heavy (non-hydrogen) atoms. The number of nitrogens with one attached hydrogen (secondary N) is 2. The Balaban J connectivity index is 1.63. The number of carbonyl (C=O) groups excluding carboxylic acids is 1. The van der Waals surface area contributed by atoms with Crippen molar-refractivity contribution in [1.29, 1.82) is 0 Å². The van der Waals surface area contributed by atoms with Crippen molar-refractivity contribution in [2.75, 3.05) is 5.32 Å². The summed E-state index contributed by atoms with van der Waals surface area (Å²) in [6, 6.07) is 7.22. The van der Waals surface area contributed by atoms with Gasteiger partial charge < -0.3 is 5.32 Å². The van der Waals surface area contributed by atoms with Crippen LogP contribution in [0.4, 0.5) is 5.69 Å². The van der Waals surface area contributed by atoms with E-state index in [2.05, 4.69) is 35.6 Å². The van der Waals surface area contributed by atoms with Crippen LogP contribution in [0.3, 0.4) is 0 Å². The molecule has 0 bridgehead atoms. The van der Waals surface area contributed by atoms with Crippen LogP contribution in [-0.4, -0.2) is 40.8 Å². The highest BCUT2D eigenvalue weighted by atomic mass is 16.2. The normalized spacial score (nSPS) is 10.7. The van der Waals surface area contributed by atoms with E-state index in [1.165, 1.54) is 6.20 Å². The van der Waals surface area contributed by atoms with E-state index in [9.17, 15) is 4.79 Å². The van der Waals surface area contributed by atoms with Gasteiger partial charge in [0.05, 0.1) is 23.3 Å². The van der Waals surface area contributed by atoms with Gasteiger partial charge in [0.15, 0.2) is 0 Å². The molecule has 0 saturated carbocycles. The minimum Gasteiger partial charge on any atom is -0.316 e. The largest absolute Gasteiger partial charge is 0.316 e. The zero-order valence-corrected chi connectivity index (χ0v) is 13.8. The summed E-state index contributed by atoms with van der Waals surface area (Å²) in [5.74, 6) is -0.375. The molecule has 4 heterocycles. The standard InChI is InChI=1S/C17H14N8O/c1-25-10-14(15(24-25)13-4-2-3-6-18-13)23-17(26)16-19-7-5-12(22-16)11-8-20-21-9-11/h2-10H,1H3,(H,20,21)(H,23,26). The Morgan fingerprint density at radius 1 is 1.15 bits per heavy atom. The number of aromatic nitrogens is 7. The number of anilines is 1. The van der Waals surface area contributed by atoms with E-state index < -0.39 is 5.91 Å². The summed E-state index contributed by atoms with van der Waals surface area (Å²) in [5.41, 5.74) is 3.16. The van der Waals surface area contributed by atoms with Crippen molar-refractivity contribution in [2.45, 2.75) is 0 Å². The summed E-state index contributed by atoms with van der Waals surface area (Å²) in [5, 5.41) is 13.8. The molecular weight excluding hydrogens is 332 g/mol. The van der Waals surface area contributed by atoms with Crippen LogP contribution < -0.4 is 5.32 Å². The molecule has 2 N–H and O–H groups in total. The molecule has 4 aromatic heterocycles. The van der Waals surface area contributed by atoms with E-state index in [-0.39, 0.29) is 5.82 Å². The highest BCUT2D eigenvalue weighted by molar-refractivity contribution is 6.03. The first-order chi connectivity index (χ1) is 12.7. The molecule has 0 aliphatic heterocycles. The number of nitrogens with zero attached hydrogens (tertiary/aromatic N) is 6. The zero-order chi connectivity index (χ0) is 17.9. The van der Waals surface area contributed by atoms with Gasteiger partial charge in [0.2, 0.25) is 5.82 Å². The predicted octanol–water partition coefficient (Wildman–Crippen LogP) is 1.91. The molecule has 0 saturated heterocycles. The van der Waals surface area contributed by atoms with Crippen LogP contribution in [0.25, 0.3) is 22.6 Å². The molecule has 4 aromatic rings. The molecule has 9 heteroatoms. The number of hydrogen-bond acceptors (Lipinski definition) is 6. The first kappa shape index (κ1) is 15.6. The number of hydrogen-bond donors (Lipinski definition) is 2. The molecule has 0 unspecified atom stereocenters. The van der Waals surface area contributed by atoms with Crippen LogP contribution in [0.2, 0.25) is 0 Å². The van der Waals surface area contributed by atoms with Crippen LogP contribution >= 0.6 is 0 Å². The maximum absolute atomic E-state index is 12.6. The lowest BCUT2D eigenvalue weighted by atomic mass is 10.2. The van der Waals surface area contributed by atoms with E-state index in [4.69, 9.17) is 0 Å². The van der Waals surface area contributed by atoms with Gasteiger partial charge in [0, 0.05) is 37.4 Å². The van der Waals surface area contributed by atoms with Gasteiger partial charge in [-0.15, -0.1) is 0 Å². The number of pyridine rings is 1. The maximum atomic E-state index is 12.6. The molecule has 9 nitrogen and oxygen atoms in total. The number of H-pyrrole nitrogens is 1. The zero-order valence-electron chi connectivity index (χ0n) is 13.8. The van der Waals surface area contributed by atoms with Gasteiger partial charge in [0.1, 0.15) is 5.69 Å². The minimum absolute atomic E-state index is 0.0551. The van der Waals surface area contributed by atoms with Gasteiger partial charge >= 0.3 is 0 Å². The monoisotopic (exact) mass is 346 g/mol. The Labute approximate surface area is 148 Å². The lowest BCUT2D eigenvalue weighted by Gasteiger charge is -2.05. The fraction of sp³-hybridized carbons (Fsp3) is 0.0588. The molecule has 0 aromatic carbocycles. The average Bonchev–Trinajstić information content (AvgIpc) is 3.32. The van der Waals surface area contributed by atoms with Crippen molar-refractivity contribution < 1.29 is 4.79 Å². The molecule has 1 amide bonds. The van der Waals surface area contributed by atoms with Crippen LogP contribution in [0.1, 0.15) is 10.6 Å². The molecule has 0 radical (unpaired) electrons. The van der Waals surface area contributed by atoms with Crippen molar-refractivity contribution in [3.05, 3.63) is 61.1 Å². The van der Waals surface area contributed by atoms with Gasteiger partial charge in [-0.3, -0.25) is 19.6 Å². The lowest BCUT2D eigenvalue weighted by molar-refractivity contribution is 0.101. The summed E-state index contributed by atoms with van der Waals surface area (Å²) >= 11 is 0. The highest BCUT2D eigenvalue weighted by Gasteiger charge is 2.17. The second kappa shape index (κ2) is 6.55. The summed E-state index contributed by atoms with van der Waals surface area (Å²) < 4.78 is 1.61. The van der Waals surface area contributed by atoms with Gasteiger partial charge in [-0.1, -0.05) is 6.07 Å². The van der Waals surface area contributed by atoms with E-state index in [1.807, 2.05) is 18.2 Å². The number of amides is 1. The molecule has 0 fully saturated rings. The summed E-state index contributed by atoms with van der Waals surface area (Å²) in [4.78, 5) is 25.2. The van der Waals surface area contributed by atoms with Crippen molar-refractivity contribution in [3.63, 3.8) is 0 Å².